The summed E-state index contributed by atoms with van der Waals surface area (Å²) in [7, 11) is 0. The molecule has 0 heterocycles. The molecule has 4 atom stereocenters. The standard InChI is InChI=1S/C18H24O2/c1-18-9-8-14-13-5-3-12(19)10-11(13)2-4-15(14)16(18)6-7-17(18)20/h11,13-14H,2-10H2,1H3/t11-,13-,14+,18-/m0/s1. The van der Waals surface area contributed by atoms with E-state index in [9.17, 15) is 9.59 Å². The van der Waals surface area contributed by atoms with Crippen LogP contribution >= 0.6 is 0 Å². The monoisotopic (exact) mass is 272 g/mol. The first-order valence-electron chi connectivity index (χ1n) is 8.37. The topological polar surface area (TPSA) is 34.1 Å². The molecule has 0 N–H and O–H groups in total. The van der Waals surface area contributed by atoms with Gasteiger partial charge in [0.1, 0.15) is 11.6 Å². The third-order valence-corrected chi connectivity index (χ3v) is 6.83. The van der Waals surface area contributed by atoms with Gasteiger partial charge in [0.15, 0.2) is 0 Å². The molecule has 0 amide bonds. The molecule has 3 fully saturated rings. The van der Waals surface area contributed by atoms with Crippen molar-refractivity contribution >= 4 is 11.6 Å². The van der Waals surface area contributed by atoms with E-state index in [-0.39, 0.29) is 5.41 Å². The first-order valence-corrected chi connectivity index (χ1v) is 8.37. The van der Waals surface area contributed by atoms with Crippen LogP contribution in [0.3, 0.4) is 0 Å². The smallest absolute Gasteiger partial charge is 0.143 e. The molecule has 0 bridgehead atoms. The van der Waals surface area contributed by atoms with Gasteiger partial charge < -0.3 is 0 Å². The van der Waals surface area contributed by atoms with E-state index in [2.05, 4.69) is 6.92 Å². The molecule has 2 heteroatoms. The number of hydrogen-bond donors (Lipinski definition) is 0. The Kier molecular flexibility index (Phi) is 2.74. The van der Waals surface area contributed by atoms with Crippen LogP contribution in [0.15, 0.2) is 11.1 Å². The second kappa shape index (κ2) is 4.29. The van der Waals surface area contributed by atoms with E-state index in [0.29, 0.717) is 23.4 Å². The van der Waals surface area contributed by atoms with Gasteiger partial charge in [0.05, 0.1) is 0 Å². The zero-order chi connectivity index (χ0) is 13.9. The number of allylic oxidation sites excluding steroid dienone is 2. The van der Waals surface area contributed by atoms with Gasteiger partial charge in [-0.3, -0.25) is 9.59 Å². The zero-order valence-electron chi connectivity index (χ0n) is 12.4. The molecule has 2 nitrogen and oxygen atoms in total. The molecule has 0 aromatic rings. The third-order valence-electron chi connectivity index (χ3n) is 6.83. The molecular formula is C18H24O2. The first-order chi connectivity index (χ1) is 9.59. The zero-order valence-corrected chi connectivity index (χ0v) is 12.4. The van der Waals surface area contributed by atoms with E-state index < -0.39 is 0 Å². The van der Waals surface area contributed by atoms with E-state index in [1.54, 1.807) is 5.57 Å². The average Bonchev–Trinajstić information content (AvgIpc) is 2.74. The number of hydrogen-bond acceptors (Lipinski definition) is 2. The van der Waals surface area contributed by atoms with E-state index in [4.69, 9.17) is 0 Å². The van der Waals surface area contributed by atoms with Gasteiger partial charge in [0.2, 0.25) is 0 Å². The summed E-state index contributed by atoms with van der Waals surface area (Å²) in [4.78, 5) is 23.9. The molecule has 108 valence electrons. The molecule has 3 saturated carbocycles. The molecule has 0 aliphatic heterocycles. The van der Waals surface area contributed by atoms with Crippen LogP contribution in [0.4, 0.5) is 0 Å². The van der Waals surface area contributed by atoms with Gasteiger partial charge in [0.25, 0.3) is 0 Å². The van der Waals surface area contributed by atoms with Gasteiger partial charge in [-0.05, 0) is 63.2 Å². The normalized spacial score (nSPS) is 44.1. The van der Waals surface area contributed by atoms with Gasteiger partial charge in [-0.2, -0.15) is 0 Å². The molecule has 0 unspecified atom stereocenters. The summed E-state index contributed by atoms with van der Waals surface area (Å²) in [5, 5.41) is 0. The Morgan fingerprint density at radius 3 is 2.70 bits per heavy atom. The second-order valence-electron chi connectivity index (χ2n) is 7.65. The Morgan fingerprint density at radius 1 is 1.00 bits per heavy atom. The highest BCUT2D eigenvalue weighted by Gasteiger charge is 2.50. The second-order valence-corrected chi connectivity index (χ2v) is 7.65. The largest absolute Gasteiger partial charge is 0.300 e. The van der Waals surface area contributed by atoms with Crippen LogP contribution < -0.4 is 0 Å². The molecule has 20 heavy (non-hydrogen) atoms. The quantitative estimate of drug-likeness (QED) is 0.628. The summed E-state index contributed by atoms with van der Waals surface area (Å²) in [6, 6.07) is 0. The summed E-state index contributed by atoms with van der Waals surface area (Å²) in [6.45, 7) is 2.19. The van der Waals surface area contributed by atoms with Crippen molar-refractivity contribution in [2.24, 2.45) is 23.2 Å². The Hall–Kier alpha value is -0.920. The van der Waals surface area contributed by atoms with Crippen molar-refractivity contribution in [1.29, 1.82) is 0 Å². The third kappa shape index (κ3) is 1.63. The maximum absolute atomic E-state index is 12.3. The van der Waals surface area contributed by atoms with Crippen molar-refractivity contribution in [3.63, 3.8) is 0 Å². The van der Waals surface area contributed by atoms with Crippen molar-refractivity contribution in [3.05, 3.63) is 11.1 Å². The van der Waals surface area contributed by atoms with Crippen LogP contribution in [0.2, 0.25) is 0 Å². The minimum absolute atomic E-state index is 0.108. The minimum Gasteiger partial charge on any atom is -0.300 e. The fourth-order valence-corrected chi connectivity index (χ4v) is 5.71. The van der Waals surface area contributed by atoms with E-state index in [0.717, 1.165) is 50.9 Å². The number of rotatable bonds is 0. The van der Waals surface area contributed by atoms with Crippen LogP contribution in [0.1, 0.15) is 64.7 Å². The van der Waals surface area contributed by atoms with Crippen molar-refractivity contribution in [3.8, 4) is 0 Å². The Bertz CT molecular complexity index is 516. The highest BCUT2D eigenvalue weighted by Crippen LogP contribution is 2.57. The van der Waals surface area contributed by atoms with Crippen LogP contribution in [0.5, 0.6) is 0 Å². The number of fused-ring (bicyclic) bond motifs is 4. The molecule has 0 saturated heterocycles. The average molecular weight is 272 g/mol. The van der Waals surface area contributed by atoms with E-state index in [1.165, 1.54) is 18.4 Å². The Balaban J connectivity index is 1.70. The lowest BCUT2D eigenvalue weighted by Crippen LogP contribution is -2.40. The van der Waals surface area contributed by atoms with Gasteiger partial charge in [-0.1, -0.05) is 11.1 Å². The molecule has 4 rings (SSSR count). The highest BCUT2D eigenvalue weighted by molar-refractivity contribution is 5.91. The number of ketones is 2. The van der Waals surface area contributed by atoms with Gasteiger partial charge in [0, 0.05) is 24.7 Å². The van der Waals surface area contributed by atoms with E-state index in [1.807, 2.05) is 0 Å². The summed E-state index contributed by atoms with van der Waals surface area (Å²) in [5.74, 6) is 3.06. The predicted octanol–water partition coefficient (Wildman–Crippen LogP) is 3.84. The lowest BCUT2D eigenvalue weighted by molar-refractivity contribution is -0.124. The molecule has 0 aromatic heterocycles. The SMILES string of the molecule is C[C@]12CC[C@H]3C(=C1CCC2=O)CC[C@H]1CC(=O)CC[C@@H]13. The minimum atomic E-state index is -0.108. The van der Waals surface area contributed by atoms with Gasteiger partial charge in [-0.25, -0.2) is 0 Å². The molecule has 4 aliphatic carbocycles. The van der Waals surface area contributed by atoms with E-state index >= 15 is 0 Å². The lowest BCUT2D eigenvalue weighted by Gasteiger charge is -2.48. The molecule has 0 aromatic carbocycles. The lowest BCUT2D eigenvalue weighted by atomic mass is 9.56. The fraction of sp³-hybridized carbons (Fsp3) is 0.778. The van der Waals surface area contributed by atoms with Gasteiger partial charge in [-0.15, -0.1) is 0 Å². The predicted molar refractivity (Wildman–Crippen MR) is 77.2 cm³/mol. The Labute approximate surface area is 121 Å². The molecule has 0 spiro atoms. The maximum Gasteiger partial charge on any atom is 0.143 e. The van der Waals surface area contributed by atoms with Crippen molar-refractivity contribution in [2.45, 2.75) is 64.7 Å². The molecular weight excluding hydrogens is 248 g/mol. The van der Waals surface area contributed by atoms with Crippen LogP contribution in [-0.4, -0.2) is 11.6 Å². The maximum atomic E-state index is 12.3. The summed E-state index contributed by atoms with van der Waals surface area (Å²) >= 11 is 0. The van der Waals surface area contributed by atoms with Gasteiger partial charge >= 0.3 is 0 Å². The van der Waals surface area contributed by atoms with Crippen molar-refractivity contribution in [1.82, 2.24) is 0 Å². The summed E-state index contributed by atoms with van der Waals surface area (Å²) < 4.78 is 0. The number of carbonyl (C=O) groups excluding carboxylic acids is 2. The van der Waals surface area contributed by atoms with Crippen LogP contribution in [0, 0.1) is 23.2 Å². The van der Waals surface area contributed by atoms with Crippen LogP contribution in [-0.2, 0) is 9.59 Å². The summed E-state index contributed by atoms with van der Waals surface area (Å²) in [5.41, 5.74) is 3.07. The number of carbonyl (C=O) groups is 2. The highest BCUT2D eigenvalue weighted by atomic mass is 16.1. The summed E-state index contributed by atoms with van der Waals surface area (Å²) in [6.07, 6.45) is 9.15. The first kappa shape index (κ1) is 12.8. The molecule has 4 aliphatic rings. The number of Topliss-reactive ketones (excluding diaryl/α,β-unsaturated/α-hetero) is 2. The Morgan fingerprint density at radius 2 is 1.85 bits per heavy atom. The van der Waals surface area contributed by atoms with Crippen molar-refractivity contribution < 1.29 is 9.59 Å². The van der Waals surface area contributed by atoms with Crippen molar-refractivity contribution in [2.75, 3.05) is 0 Å². The fourth-order valence-electron chi connectivity index (χ4n) is 5.71. The van der Waals surface area contributed by atoms with Crippen LogP contribution in [0.25, 0.3) is 0 Å². The molecule has 0 radical (unpaired) electrons.